The Morgan fingerprint density at radius 1 is 1.16 bits per heavy atom. The first-order valence-corrected chi connectivity index (χ1v) is 11.0. The van der Waals surface area contributed by atoms with Crippen molar-refractivity contribution in [2.45, 2.75) is 56.4 Å². The zero-order valence-corrected chi connectivity index (χ0v) is 16.3. The van der Waals surface area contributed by atoms with Crippen LogP contribution in [0.2, 0.25) is 0 Å². The lowest BCUT2D eigenvalue weighted by Gasteiger charge is -2.30. The smallest absolute Gasteiger partial charge is 0.243 e. The molecule has 1 heterocycles. The number of hydrogen-bond donors (Lipinski definition) is 2. The molecule has 0 radical (unpaired) electrons. The van der Waals surface area contributed by atoms with Crippen molar-refractivity contribution in [3.63, 3.8) is 0 Å². The van der Waals surface area contributed by atoms with Gasteiger partial charge in [0.2, 0.25) is 10.0 Å². The van der Waals surface area contributed by atoms with E-state index in [1.54, 1.807) is 22.5 Å². The molecule has 1 saturated heterocycles. The van der Waals surface area contributed by atoms with Crippen LogP contribution in [-0.4, -0.2) is 37.0 Å². The van der Waals surface area contributed by atoms with Gasteiger partial charge in [-0.3, -0.25) is 0 Å². The van der Waals surface area contributed by atoms with Crippen molar-refractivity contribution in [1.82, 2.24) is 9.62 Å². The molecular weight excluding hydrogens is 354 g/mol. The topological polar surface area (TPSA) is 61.4 Å². The maximum absolute atomic E-state index is 12.7. The van der Waals surface area contributed by atoms with Crippen molar-refractivity contribution < 1.29 is 8.42 Å². The second kappa shape index (κ2) is 8.01. The summed E-state index contributed by atoms with van der Waals surface area (Å²) in [5.74, 6) is 0.607. The fourth-order valence-corrected chi connectivity index (χ4v) is 5.51. The minimum absolute atomic E-state index is 0.327. The first kappa shape index (κ1) is 18.6. The van der Waals surface area contributed by atoms with Crippen molar-refractivity contribution >= 4 is 33.0 Å². The Hall–Kier alpha value is -1.18. The standard InChI is InChI=1S/C18H27N3O2S2/c1-14-7-2-3-10-17(14)20-18(24)19-15-8-6-9-16(13-15)25(22,23)21-11-4-5-12-21/h6,8-9,13-14,17H,2-5,7,10-12H2,1H3,(H2,19,20,24)/t14-,17+/m0/s1. The van der Waals surface area contributed by atoms with Crippen LogP contribution < -0.4 is 10.6 Å². The van der Waals surface area contributed by atoms with Gasteiger partial charge in [0.15, 0.2) is 5.11 Å². The Kier molecular flexibility index (Phi) is 5.96. The Labute approximate surface area is 156 Å². The van der Waals surface area contributed by atoms with Crippen molar-refractivity contribution in [1.29, 1.82) is 0 Å². The van der Waals surface area contributed by atoms with Crippen molar-refractivity contribution in [2.75, 3.05) is 18.4 Å². The fraction of sp³-hybridized carbons (Fsp3) is 0.611. The van der Waals surface area contributed by atoms with Crippen LogP contribution in [0.25, 0.3) is 0 Å². The molecule has 2 N–H and O–H groups in total. The number of thiocarbonyl (C=S) groups is 1. The summed E-state index contributed by atoms with van der Waals surface area (Å²) in [5.41, 5.74) is 0.709. The zero-order chi connectivity index (χ0) is 17.9. The average Bonchev–Trinajstić information content (AvgIpc) is 3.12. The van der Waals surface area contributed by atoms with E-state index < -0.39 is 10.0 Å². The molecular formula is C18H27N3O2S2. The van der Waals surface area contributed by atoms with Crippen molar-refractivity contribution in [2.24, 2.45) is 5.92 Å². The maximum atomic E-state index is 12.7. The maximum Gasteiger partial charge on any atom is 0.243 e. The molecule has 2 aliphatic rings. The van der Waals surface area contributed by atoms with Crippen LogP contribution in [0.1, 0.15) is 45.4 Å². The lowest BCUT2D eigenvalue weighted by Crippen LogP contribution is -2.43. The van der Waals surface area contributed by atoms with E-state index in [-0.39, 0.29) is 0 Å². The van der Waals surface area contributed by atoms with Gasteiger partial charge in [0.05, 0.1) is 4.90 Å². The Morgan fingerprint density at radius 3 is 2.60 bits per heavy atom. The summed E-state index contributed by atoms with van der Waals surface area (Å²) in [6.45, 7) is 3.47. The third kappa shape index (κ3) is 4.51. The van der Waals surface area contributed by atoms with E-state index in [1.807, 2.05) is 6.07 Å². The van der Waals surface area contributed by atoms with Crippen LogP contribution in [0.5, 0.6) is 0 Å². The molecule has 5 nitrogen and oxygen atoms in total. The summed E-state index contributed by atoms with van der Waals surface area (Å²) in [7, 11) is -3.40. The highest BCUT2D eigenvalue weighted by molar-refractivity contribution is 7.89. The predicted molar refractivity (Wildman–Crippen MR) is 105 cm³/mol. The minimum Gasteiger partial charge on any atom is -0.359 e. The summed E-state index contributed by atoms with van der Waals surface area (Å²) >= 11 is 5.43. The highest BCUT2D eigenvalue weighted by atomic mass is 32.2. The molecule has 2 atom stereocenters. The van der Waals surface area contributed by atoms with Gasteiger partial charge in [-0.25, -0.2) is 8.42 Å². The quantitative estimate of drug-likeness (QED) is 0.784. The first-order valence-electron chi connectivity index (χ1n) is 9.14. The number of sulfonamides is 1. The lowest BCUT2D eigenvalue weighted by molar-refractivity contribution is 0.309. The van der Waals surface area contributed by atoms with Gasteiger partial charge in [-0.05, 0) is 62.0 Å². The van der Waals surface area contributed by atoms with Gasteiger partial charge in [-0.15, -0.1) is 0 Å². The number of hydrogen-bond acceptors (Lipinski definition) is 3. The molecule has 1 aromatic rings. The lowest BCUT2D eigenvalue weighted by atomic mass is 9.86. The minimum atomic E-state index is -3.40. The zero-order valence-electron chi connectivity index (χ0n) is 14.7. The van der Waals surface area contributed by atoms with Gasteiger partial charge in [0.1, 0.15) is 0 Å². The third-order valence-electron chi connectivity index (χ3n) is 5.22. The Morgan fingerprint density at radius 2 is 1.88 bits per heavy atom. The summed E-state index contributed by atoms with van der Waals surface area (Å²) in [4.78, 5) is 0.327. The van der Waals surface area contributed by atoms with Gasteiger partial charge in [-0.1, -0.05) is 25.8 Å². The summed E-state index contributed by atoms with van der Waals surface area (Å²) in [6, 6.07) is 7.33. The van der Waals surface area contributed by atoms with E-state index in [0.29, 0.717) is 40.7 Å². The molecule has 2 fully saturated rings. The predicted octanol–water partition coefficient (Wildman–Crippen LogP) is 3.34. The highest BCUT2D eigenvalue weighted by Crippen LogP contribution is 2.25. The molecule has 1 saturated carbocycles. The molecule has 0 aromatic heterocycles. The molecule has 25 heavy (non-hydrogen) atoms. The van der Waals surface area contributed by atoms with Gasteiger partial charge in [0.25, 0.3) is 0 Å². The van der Waals surface area contributed by atoms with Crippen LogP contribution >= 0.6 is 12.2 Å². The van der Waals surface area contributed by atoms with Crippen LogP contribution in [0.4, 0.5) is 5.69 Å². The summed E-state index contributed by atoms with van der Waals surface area (Å²) in [5, 5.41) is 7.11. The third-order valence-corrected chi connectivity index (χ3v) is 7.34. The number of rotatable bonds is 4. The molecule has 0 spiro atoms. The average molecular weight is 382 g/mol. The second-order valence-electron chi connectivity index (χ2n) is 7.11. The van der Waals surface area contributed by atoms with Gasteiger partial charge < -0.3 is 10.6 Å². The van der Waals surface area contributed by atoms with Crippen LogP contribution in [0, 0.1) is 5.92 Å². The van der Waals surface area contributed by atoms with Crippen LogP contribution in [-0.2, 0) is 10.0 Å². The first-order chi connectivity index (χ1) is 12.0. The molecule has 1 aliphatic carbocycles. The number of nitrogens with one attached hydrogen (secondary N) is 2. The molecule has 138 valence electrons. The normalized spacial score (nSPS) is 24.8. The number of anilines is 1. The van der Waals surface area contributed by atoms with E-state index >= 15 is 0 Å². The number of nitrogens with zero attached hydrogens (tertiary/aromatic N) is 1. The van der Waals surface area contributed by atoms with E-state index in [1.165, 1.54) is 19.3 Å². The Balaban J connectivity index is 1.66. The van der Waals surface area contributed by atoms with E-state index in [2.05, 4.69) is 17.6 Å². The largest absolute Gasteiger partial charge is 0.359 e. The SMILES string of the molecule is C[C@H]1CCCC[C@H]1NC(=S)Nc1cccc(S(=O)(=O)N2CCCC2)c1. The van der Waals surface area contributed by atoms with Crippen LogP contribution in [0.3, 0.4) is 0 Å². The molecule has 1 aromatic carbocycles. The van der Waals surface area contributed by atoms with Gasteiger partial charge >= 0.3 is 0 Å². The molecule has 3 rings (SSSR count). The number of benzene rings is 1. The van der Waals surface area contributed by atoms with Crippen molar-refractivity contribution in [3.8, 4) is 0 Å². The summed E-state index contributed by atoms with van der Waals surface area (Å²) in [6.07, 6.45) is 6.75. The van der Waals surface area contributed by atoms with Crippen molar-refractivity contribution in [3.05, 3.63) is 24.3 Å². The highest BCUT2D eigenvalue weighted by Gasteiger charge is 2.27. The molecule has 0 amide bonds. The Bertz CT molecular complexity index is 715. The molecule has 7 heteroatoms. The van der Waals surface area contributed by atoms with E-state index in [9.17, 15) is 8.42 Å². The van der Waals surface area contributed by atoms with Crippen LogP contribution in [0.15, 0.2) is 29.2 Å². The van der Waals surface area contributed by atoms with E-state index in [4.69, 9.17) is 12.2 Å². The molecule has 0 bridgehead atoms. The fourth-order valence-electron chi connectivity index (χ4n) is 3.68. The van der Waals surface area contributed by atoms with E-state index in [0.717, 1.165) is 19.3 Å². The van der Waals surface area contributed by atoms with Gasteiger partial charge in [0, 0.05) is 24.8 Å². The molecule has 1 aliphatic heterocycles. The monoisotopic (exact) mass is 381 g/mol. The summed E-state index contributed by atoms with van der Waals surface area (Å²) < 4.78 is 26.9. The second-order valence-corrected chi connectivity index (χ2v) is 9.45. The molecule has 0 unspecified atom stereocenters. The van der Waals surface area contributed by atoms with Gasteiger partial charge in [-0.2, -0.15) is 4.31 Å².